The molecule has 0 bridgehead atoms. The molecular formula is C16H23NO2. The standard InChI is InChI=1S/C16H23NO2/c1-12(8-9-18)11-17-16(19)10-14-7-6-13-4-2-3-5-15(13)14/h2-5,12,14,18H,6-11H2,1H3,(H,17,19). The number of nitrogens with one attached hydrogen (secondary N) is 1. The minimum Gasteiger partial charge on any atom is -0.396 e. The molecule has 3 heteroatoms. The average molecular weight is 261 g/mol. The average Bonchev–Trinajstić information content (AvgIpc) is 2.80. The van der Waals surface area contributed by atoms with Gasteiger partial charge in [-0.2, -0.15) is 0 Å². The van der Waals surface area contributed by atoms with Crippen LogP contribution in [0.5, 0.6) is 0 Å². The molecule has 2 unspecified atom stereocenters. The van der Waals surface area contributed by atoms with Gasteiger partial charge in [0.05, 0.1) is 0 Å². The molecule has 2 N–H and O–H groups in total. The maximum Gasteiger partial charge on any atom is 0.220 e. The number of amides is 1. The Balaban J connectivity index is 1.81. The smallest absolute Gasteiger partial charge is 0.220 e. The van der Waals surface area contributed by atoms with Gasteiger partial charge in [0, 0.05) is 19.6 Å². The van der Waals surface area contributed by atoms with Crippen LogP contribution in [-0.4, -0.2) is 24.2 Å². The highest BCUT2D eigenvalue weighted by atomic mass is 16.3. The van der Waals surface area contributed by atoms with Crippen molar-refractivity contribution in [2.75, 3.05) is 13.2 Å². The van der Waals surface area contributed by atoms with Crippen LogP contribution in [0.15, 0.2) is 24.3 Å². The molecule has 0 aromatic heterocycles. The number of aliphatic hydroxyl groups is 1. The highest BCUT2D eigenvalue weighted by molar-refractivity contribution is 5.77. The maximum absolute atomic E-state index is 11.9. The number of hydrogen-bond acceptors (Lipinski definition) is 2. The molecule has 0 saturated carbocycles. The van der Waals surface area contributed by atoms with Crippen LogP contribution in [0.3, 0.4) is 0 Å². The Morgan fingerprint density at radius 1 is 1.47 bits per heavy atom. The second-order valence-electron chi connectivity index (χ2n) is 5.56. The van der Waals surface area contributed by atoms with Crippen LogP contribution in [0, 0.1) is 5.92 Å². The Morgan fingerprint density at radius 3 is 3.05 bits per heavy atom. The van der Waals surface area contributed by atoms with Crippen molar-refractivity contribution in [2.24, 2.45) is 5.92 Å². The highest BCUT2D eigenvalue weighted by Crippen LogP contribution is 2.34. The summed E-state index contributed by atoms with van der Waals surface area (Å²) in [6.45, 7) is 2.89. The summed E-state index contributed by atoms with van der Waals surface area (Å²) in [6.07, 6.45) is 3.50. The summed E-state index contributed by atoms with van der Waals surface area (Å²) in [5.74, 6) is 0.848. The quantitative estimate of drug-likeness (QED) is 0.825. The van der Waals surface area contributed by atoms with Crippen LogP contribution < -0.4 is 5.32 Å². The summed E-state index contributed by atoms with van der Waals surface area (Å²) in [4.78, 5) is 11.9. The first-order valence-electron chi connectivity index (χ1n) is 7.16. The van der Waals surface area contributed by atoms with Gasteiger partial charge in [-0.3, -0.25) is 4.79 Å². The van der Waals surface area contributed by atoms with E-state index in [1.54, 1.807) is 0 Å². The van der Waals surface area contributed by atoms with Crippen molar-refractivity contribution in [2.45, 2.75) is 38.5 Å². The normalized spacial score (nSPS) is 18.9. The molecule has 2 atom stereocenters. The van der Waals surface area contributed by atoms with Gasteiger partial charge < -0.3 is 10.4 Å². The molecule has 0 fully saturated rings. The van der Waals surface area contributed by atoms with E-state index in [0.717, 1.165) is 19.3 Å². The molecular weight excluding hydrogens is 238 g/mol. The van der Waals surface area contributed by atoms with Gasteiger partial charge in [0.25, 0.3) is 0 Å². The summed E-state index contributed by atoms with van der Waals surface area (Å²) in [6, 6.07) is 8.43. The van der Waals surface area contributed by atoms with Gasteiger partial charge in [0.2, 0.25) is 5.91 Å². The minimum absolute atomic E-state index is 0.131. The van der Waals surface area contributed by atoms with Gasteiger partial charge in [-0.1, -0.05) is 31.2 Å². The number of fused-ring (bicyclic) bond motifs is 1. The molecule has 2 rings (SSSR count). The van der Waals surface area contributed by atoms with Crippen molar-refractivity contribution in [3.63, 3.8) is 0 Å². The van der Waals surface area contributed by atoms with Gasteiger partial charge in [-0.15, -0.1) is 0 Å². The van der Waals surface area contributed by atoms with E-state index in [2.05, 4.69) is 29.6 Å². The molecule has 19 heavy (non-hydrogen) atoms. The molecule has 0 aliphatic heterocycles. The molecule has 3 nitrogen and oxygen atoms in total. The summed E-state index contributed by atoms with van der Waals surface area (Å²) >= 11 is 0. The van der Waals surface area contributed by atoms with Crippen molar-refractivity contribution in [1.82, 2.24) is 5.32 Å². The summed E-state index contributed by atoms with van der Waals surface area (Å²) in [5, 5.41) is 11.8. The molecule has 0 radical (unpaired) electrons. The number of hydrogen-bond donors (Lipinski definition) is 2. The lowest BCUT2D eigenvalue weighted by Gasteiger charge is -2.14. The minimum atomic E-state index is 0.131. The summed E-state index contributed by atoms with van der Waals surface area (Å²) in [7, 11) is 0. The van der Waals surface area contributed by atoms with Gasteiger partial charge in [-0.25, -0.2) is 0 Å². The lowest BCUT2D eigenvalue weighted by molar-refractivity contribution is -0.121. The highest BCUT2D eigenvalue weighted by Gasteiger charge is 2.24. The van der Waals surface area contributed by atoms with Gasteiger partial charge in [0.15, 0.2) is 0 Å². The first-order valence-corrected chi connectivity index (χ1v) is 7.16. The van der Waals surface area contributed by atoms with Gasteiger partial charge in [-0.05, 0) is 42.2 Å². The van der Waals surface area contributed by atoms with Crippen molar-refractivity contribution in [3.8, 4) is 0 Å². The first-order chi connectivity index (χ1) is 9.20. The Morgan fingerprint density at radius 2 is 2.26 bits per heavy atom. The van der Waals surface area contributed by atoms with E-state index in [1.165, 1.54) is 11.1 Å². The second kappa shape index (κ2) is 6.71. The molecule has 1 aliphatic carbocycles. The monoisotopic (exact) mass is 261 g/mol. The van der Waals surface area contributed by atoms with Crippen molar-refractivity contribution < 1.29 is 9.90 Å². The second-order valence-corrected chi connectivity index (χ2v) is 5.56. The molecule has 1 aromatic rings. The van der Waals surface area contributed by atoms with E-state index in [9.17, 15) is 4.79 Å². The fraction of sp³-hybridized carbons (Fsp3) is 0.562. The predicted octanol–water partition coefficient (Wildman–Crippen LogP) is 2.24. The van der Waals surface area contributed by atoms with E-state index in [-0.39, 0.29) is 12.5 Å². The lowest BCUT2D eigenvalue weighted by atomic mass is 9.97. The number of carbonyl (C=O) groups excluding carboxylic acids is 1. The first kappa shape index (κ1) is 14.1. The Hall–Kier alpha value is -1.35. The summed E-state index contributed by atoms with van der Waals surface area (Å²) < 4.78 is 0. The van der Waals surface area contributed by atoms with Crippen LogP contribution in [0.2, 0.25) is 0 Å². The van der Waals surface area contributed by atoms with E-state index in [1.807, 2.05) is 6.92 Å². The number of aryl methyl sites for hydroxylation is 1. The van der Waals surface area contributed by atoms with Gasteiger partial charge >= 0.3 is 0 Å². The third-order valence-electron chi connectivity index (χ3n) is 3.96. The van der Waals surface area contributed by atoms with E-state index in [0.29, 0.717) is 24.8 Å². The Kier molecular flexibility index (Phi) is 4.97. The topological polar surface area (TPSA) is 49.3 Å². The molecule has 1 aliphatic rings. The van der Waals surface area contributed by atoms with Gasteiger partial charge in [0.1, 0.15) is 0 Å². The van der Waals surface area contributed by atoms with Crippen molar-refractivity contribution >= 4 is 5.91 Å². The fourth-order valence-corrected chi connectivity index (χ4v) is 2.76. The van der Waals surface area contributed by atoms with Crippen LogP contribution in [-0.2, 0) is 11.2 Å². The number of benzene rings is 1. The molecule has 1 amide bonds. The Bertz CT molecular complexity index is 431. The summed E-state index contributed by atoms with van der Waals surface area (Å²) in [5.41, 5.74) is 2.75. The molecule has 1 aromatic carbocycles. The SMILES string of the molecule is CC(CCO)CNC(=O)CC1CCc2ccccc21. The van der Waals surface area contributed by atoms with Crippen molar-refractivity contribution in [1.29, 1.82) is 0 Å². The van der Waals surface area contributed by atoms with E-state index >= 15 is 0 Å². The largest absolute Gasteiger partial charge is 0.396 e. The molecule has 0 saturated heterocycles. The zero-order valence-electron chi connectivity index (χ0n) is 11.6. The van der Waals surface area contributed by atoms with Crippen molar-refractivity contribution in [3.05, 3.63) is 35.4 Å². The maximum atomic E-state index is 11.9. The van der Waals surface area contributed by atoms with E-state index < -0.39 is 0 Å². The van der Waals surface area contributed by atoms with Crippen LogP contribution in [0.1, 0.15) is 43.2 Å². The third kappa shape index (κ3) is 3.80. The van der Waals surface area contributed by atoms with Crippen LogP contribution >= 0.6 is 0 Å². The lowest BCUT2D eigenvalue weighted by Crippen LogP contribution is -2.29. The van der Waals surface area contributed by atoms with Crippen LogP contribution in [0.4, 0.5) is 0 Å². The molecule has 104 valence electrons. The van der Waals surface area contributed by atoms with E-state index in [4.69, 9.17) is 5.11 Å². The zero-order valence-corrected chi connectivity index (χ0v) is 11.6. The zero-order chi connectivity index (χ0) is 13.7. The molecule has 0 spiro atoms. The third-order valence-corrected chi connectivity index (χ3v) is 3.96. The van der Waals surface area contributed by atoms with Crippen LogP contribution in [0.25, 0.3) is 0 Å². The number of carbonyl (C=O) groups is 1. The predicted molar refractivity (Wildman–Crippen MR) is 76.0 cm³/mol. The molecule has 0 heterocycles. The number of rotatable bonds is 6. The number of aliphatic hydroxyl groups excluding tert-OH is 1. The fourth-order valence-electron chi connectivity index (χ4n) is 2.76. The Labute approximate surface area is 115 Å².